The molecule has 2 saturated heterocycles. The molecule has 4 amide bonds. The Morgan fingerprint density at radius 3 is 0.797 bits per heavy atom. The van der Waals surface area contributed by atoms with Crippen LogP contribution in [0.5, 0.6) is 0 Å². The zero-order chi connectivity index (χ0) is 102. The van der Waals surface area contributed by atoms with Gasteiger partial charge >= 0.3 is 435 Å². The predicted octanol–water partition coefficient (Wildman–Crippen LogP) is -57.0. The van der Waals surface area contributed by atoms with Crippen LogP contribution < -0.4 is 445 Å². The van der Waals surface area contributed by atoms with Crippen molar-refractivity contribution >= 4 is 169 Å². The Labute approximate surface area is 1150 Å². The Morgan fingerprint density at radius 2 is 0.554 bits per heavy atom. The van der Waals surface area contributed by atoms with Crippen LogP contribution in [0.1, 0.15) is 31.8 Å². The van der Waals surface area contributed by atoms with Gasteiger partial charge in [-0.1, -0.05) is 84.9 Å². The summed E-state index contributed by atoms with van der Waals surface area (Å²) in [5, 5.41) is 37.3. The van der Waals surface area contributed by atoms with E-state index in [4.69, 9.17) is 14.0 Å². The summed E-state index contributed by atoms with van der Waals surface area (Å²) in [6.07, 6.45) is -55.4. The zero-order valence-corrected chi connectivity index (χ0v) is 117. The molecule has 0 bridgehead atoms. The molecule has 2 heterocycles. The molecule has 0 saturated carbocycles. The summed E-state index contributed by atoms with van der Waals surface area (Å²) in [6.45, 7) is -9.27. The Balaban J connectivity index is -0.00000197. The van der Waals surface area contributed by atoms with Gasteiger partial charge in [0.1, 0.15) is 73.2 Å². The number of carbonyl (C=O) groups is 4. The number of hydrogen-bond donors (Lipinski definition) is 6. The number of benzene rings is 4. The zero-order valence-electron chi connectivity index (χ0n) is 77.8. The fourth-order valence-electron chi connectivity index (χ4n) is 12.0. The third-order valence-electron chi connectivity index (χ3n) is 16.4. The monoisotopic (exact) mass is 2530 g/mol. The van der Waals surface area contributed by atoms with E-state index < -0.39 is 329 Å². The average molecular weight is 2530 g/mol. The van der Waals surface area contributed by atoms with E-state index in [1.54, 1.807) is 0 Å². The molecule has 0 unspecified atom stereocenters. The first kappa shape index (κ1) is 172. The standard InChI is InChI=1S/C52H64N4O64S14.14Na/c57-47(55-45-41(117-131(93,94)95)35(111-125(75,76)77)31(107-51(45,61)19-25-7-3-1-4-8-25)21-53-49(59)43(119-133(99,100)101)39(115-129(87,88)89)37(113-127(81,82)83)33(109-123(69,70)71)23-105-121(63,64)65)29-15-11-27(12-16-29)28-13-17-30(18-14-28)48(58)56-46-42(118-132(96,97)98)36(112-126(78,79)80)32(108-52(46,62)20-26-9-5-2-6-10-26)22-54-50(60)44(120-134(102,103)104)40(116-130(90,91)92)38(114-128(84,85)86)34(110-124(72,73)74)24-106-122(66,67)68;;;;;;;;;;;;;;/h1-18,31-46H,19-24H2,(H,53,59)(H,54,60)(H,55,57)(H,56,58)(H,63,64,65)(H,66,67,68)(H,69,70,71)(H,72,73,74)(H,75,76,77)(H,78,79,80)(H,81,82,83)(H,84,85,86)(H,87,88,89)(H,90,91,92)(H,93,94,95)(H,96,97,98)(H,99,100,101)(H,102,103,104);;;;;;;;;;;;;;/q-2;14*+1/p-12/t31-,32-,33-,34-,35-,36-,37-,38-,39+,40+,41+,42+,43-,44-,45-,46-,51+,52+;;;;;;;;;;;;;;/m1............../s1. The van der Waals surface area contributed by atoms with E-state index in [0.717, 1.165) is 97.1 Å². The molecule has 2 aliphatic rings. The molecule has 0 radical (unpaired) electrons. The van der Waals surface area contributed by atoms with Crippen molar-refractivity contribution in [1.82, 2.24) is 21.3 Å². The van der Waals surface area contributed by atoms with E-state index in [0.29, 0.717) is 0 Å². The Kier molecular flexibility index (Phi) is 82.7. The van der Waals surface area contributed by atoms with Gasteiger partial charge < -0.3 is 95.6 Å². The van der Waals surface area contributed by atoms with Gasteiger partial charge in [0.15, 0.2) is 12.2 Å². The molecule has 96 heteroatoms. The number of carbonyl (C=O) groups excluding carboxylic acids is 4. The Morgan fingerprint density at radius 1 is 0.304 bits per heavy atom. The third-order valence-corrected chi connectivity index (χ3v) is 22.8. The first-order valence-electron chi connectivity index (χ1n) is 33.6. The fraction of sp³-hybridized carbons (Fsp3) is 0.462. The number of amides is 4. The van der Waals surface area contributed by atoms with Gasteiger partial charge in [-0.2, -0.15) is 16.8 Å². The largest absolute Gasteiger partial charge is 1.00 e. The van der Waals surface area contributed by atoms with Crippen LogP contribution >= 0.6 is 0 Å². The Hall–Kier alpha value is 6.78. The average Bonchev–Trinajstić information content (AvgIpc) is 0.746. The summed E-state index contributed by atoms with van der Waals surface area (Å²) >= 11 is 0. The van der Waals surface area contributed by atoms with Gasteiger partial charge in [-0.3, -0.25) is 78.5 Å². The van der Waals surface area contributed by atoms with Crippen LogP contribution in [-0.4, -0.2) is 341 Å². The van der Waals surface area contributed by atoms with Gasteiger partial charge in [-0.25, -0.2) is 109 Å². The molecule has 0 aliphatic carbocycles. The number of nitrogens with one attached hydrogen (secondary N) is 4. The summed E-state index contributed by atoms with van der Waals surface area (Å²) in [5.74, 6) is -16.8. The molecule has 68 nitrogen and oxygen atoms in total. The second-order valence-electron chi connectivity index (χ2n) is 25.9. The molecule has 2 aliphatic heterocycles. The third kappa shape index (κ3) is 65.0. The van der Waals surface area contributed by atoms with Crippen molar-refractivity contribution < 1.29 is 693 Å². The first-order chi connectivity index (χ1) is 60.4. The van der Waals surface area contributed by atoms with E-state index in [2.05, 4.69) is 58.6 Å². The van der Waals surface area contributed by atoms with Crippen molar-refractivity contribution in [2.24, 2.45) is 0 Å². The van der Waals surface area contributed by atoms with E-state index in [1.165, 1.54) is 22.8 Å². The Bertz CT molecular complexity index is 6300. The van der Waals surface area contributed by atoms with E-state index >= 15 is 10.2 Å². The van der Waals surface area contributed by atoms with Crippen LogP contribution in [0.4, 0.5) is 0 Å². The van der Waals surface area contributed by atoms with Crippen LogP contribution in [0.15, 0.2) is 109 Å². The van der Waals surface area contributed by atoms with Crippen LogP contribution in [0.2, 0.25) is 0 Å². The summed E-state index contributed by atoms with van der Waals surface area (Å²) in [4.78, 5) is 57.1. The van der Waals surface area contributed by atoms with Crippen molar-refractivity contribution in [1.29, 1.82) is 0 Å². The summed E-state index contributed by atoms with van der Waals surface area (Å²) in [6, 6.07) is 11.8. The van der Waals surface area contributed by atoms with Crippen LogP contribution in [0.25, 0.3) is 11.1 Å². The second-order valence-corrected chi connectivity index (χ2v) is 40.2. The maximum absolute atomic E-state index is 15.5. The SMILES string of the molecule is O=C(N[C@@H]1[C@@H](OS(=O)(=O)[O-])[C@H](OS(=O)(=O)[O-])[C@@H](CNC(=O)[C@H](OS(=O)(=O)[O-])[C@@H](OS(=O)(=O)[O-])[C@H](OS(=O)(=O)[O-])[C@@H](COS(=O)(=O)[O-])OS(=O)(=O)[O-])O[C@@]1([O-])Cc1ccccc1)c1ccc(-c2ccc(C(=O)N[C@@H]3[C@@H](OS(=O)(=O)[O-])[C@H](OS(=O)(=O)[O-])[C@@H](CNC(=O)[C@H](OS(=O)(=O)[O-])[C@@H](OS(=O)(=O)[O-])[C@H](OS(=O)(=O)[O-])[C@@H](COS(=O)(=O)O)OS(=O)(=O)O)O[C@@]3([O-])Cc3ccccc3)cc2)cc1.[Na+].[Na+].[Na+].[Na+].[Na+].[Na+].[Na+].[Na+].[Na+].[Na+].[Na+].[Na+].[Na+].[Na+]. The number of ether oxygens (including phenoxy) is 2. The van der Waals surface area contributed by atoms with Crippen molar-refractivity contribution in [3.8, 4) is 11.1 Å². The number of hydrogen-bond acceptors (Lipinski definition) is 62. The molecular weight excluding hydrogens is 2480 g/mol. The van der Waals surface area contributed by atoms with Gasteiger partial charge in [0, 0.05) is 35.8 Å². The number of rotatable bonds is 51. The summed E-state index contributed by atoms with van der Waals surface area (Å²) in [7, 11) is -93.4. The fourth-order valence-corrected chi connectivity index (χ4v) is 18.4. The van der Waals surface area contributed by atoms with Crippen LogP contribution in [0.3, 0.4) is 0 Å². The van der Waals surface area contributed by atoms with E-state index in [-0.39, 0.29) is 436 Å². The van der Waals surface area contributed by atoms with Crippen molar-refractivity contribution in [2.45, 2.75) is 122 Å². The second kappa shape index (κ2) is 71.0. The molecule has 2 fully saturated rings. The molecule has 0 spiro atoms. The topological polar surface area (TPSA) is 1110 Å². The van der Waals surface area contributed by atoms with Crippen molar-refractivity contribution in [3.05, 3.63) is 131 Å². The minimum Gasteiger partial charge on any atom is -0.827 e. The normalized spacial score (nSPS) is 21.0. The van der Waals surface area contributed by atoms with Gasteiger partial charge in [-0.05, 0) is 59.4 Å². The quantitative estimate of drug-likeness (QED) is 0.0136. The van der Waals surface area contributed by atoms with Crippen molar-refractivity contribution in [3.63, 3.8) is 0 Å². The van der Waals surface area contributed by atoms with Gasteiger partial charge in [0.25, 0.3) is 23.6 Å². The van der Waals surface area contributed by atoms with Gasteiger partial charge in [0.05, 0.1) is 25.3 Å². The molecular formula is C52H52N4Na14O64S14. The van der Waals surface area contributed by atoms with E-state index in [9.17, 15) is 196 Å². The molecule has 4 aromatic rings. The summed E-state index contributed by atoms with van der Waals surface area (Å²) < 4.78 is 569. The van der Waals surface area contributed by atoms with Gasteiger partial charge in [-0.15, -0.1) is 0 Å². The molecule has 4 aromatic carbocycles. The van der Waals surface area contributed by atoms with E-state index in [1.807, 2.05) is 10.6 Å². The van der Waals surface area contributed by atoms with Crippen LogP contribution in [0, 0.1) is 0 Å². The summed E-state index contributed by atoms with van der Waals surface area (Å²) in [5.41, 5.74) is -2.44. The molecule has 6 rings (SSSR count). The molecule has 148 heavy (non-hydrogen) atoms. The minimum absolute atomic E-state index is 0. The first-order valence-corrected chi connectivity index (χ1v) is 52.3. The maximum Gasteiger partial charge on any atom is 1.00 e. The molecule has 762 valence electrons. The molecule has 18 atom stereocenters. The smallest absolute Gasteiger partial charge is 0.827 e. The van der Waals surface area contributed by atoms with Crippen LogP contribution in [-0.2, 0) is 236 Å². The maximum atomic E-state index is 15.5. The van der Waals surface area contributed by atoms with Crippen molar-refractivity contribution in [2.75, 3.05) is 26.3 Å². The molecule has 0 aromatic heterocycles. The van der Waals surface area contributed by atoms with Gasteiger partial charge in [0.2, 0.25) is 125 Å². The molecule has 6 N–H and O–H groups in total. The predicted molar refractivity (Wildman–Crippen MR) is 386 cm³/mol. The minimum atomic E-state index is -6.96.